The van der Waals surface area contributed by atoms with Gasteiger partial charge in [-0.1, -0.05) is 36.4 Å². The van der Waals surface area contributed by atoms with E-state index in [0.717, 1.165) is 5.56 Å². The zero-order valence-corrected chi connectivity index (χ0v) is 13.5. The number of nitriles is 2. The first kappa shape index (κ1) is 16.6. The minimum atomic E-state index is -0.634. The molecule has 0 saturated heterocycles. The molecule has 0 unspecified atom stereocenters. The van der Waals surface area contributed by atoms with Crippen molar-refractivity contribution in [3.05, 3.63) is 77.6 Å². The predicted molar refractivity (Wildman–Crippen MR) is 94.7 cm³/mol. The quantitative estimate of drug-likeness (QED) is 0.580. The molecule has 0 fully saturated rings. The number of hydrogen-bond acceptors (Lipinski definition) is 5. The van der Waals surface area contributed by atoms with Gasteiger partial charge in [-0.3, -0.25) is 4.79 Å². The van der Waals surface area contributed by atoms with Crippen LogP contribution in [-0.2, 0) is 4.79 Å². The van der Waals surface area contributed by atoms with Gasteiger partial charge in [0.15, 0.2) is 11.6 Å². The van der Waals surface area contributed by atoms with Gasteiger partial charge in [0.05, 0.1) is 6.20 Å². The fourth-order valence-electron chi connectivity index (χ4n) is 2.24. The number of rotatable bonds is 4. The molecular weight excluding hydrogens is 328 g/mol. The van der Waals surface area contributed by atoms with E-state index in [1.54, 1.807) is 36.5 Å². The van der Waals surface area contributed by atoms with Crippen molar-refractivity contribution >= 4 is 17.8 Å². The van der Waals surface area contributed by atoms with Gasteiger partial charge < -0.3 is 5.32 Å². The van der Waals surface area contributed by atoms with E-state index in [-0.39, 0.29) is 17.0 Å². The van der Waals surface area contributed by atoms with Crippen LogP contribution in [0.5, 0.6) is 0 Å². The van der Waals surface area contributed by atoms with Crippen molar-refractivity contribution in [1.29, 1.82) is 10.5 Å². The lowest BCUT2D eigenvalue weighted by atomic mass is 10.1. The second-order valence-electron chi connectivity index (χ2n) is 5.15. The van der Waals surface area contributed by atoms with Crippen LogP contribution in [0.2, 0.25) is 0 Å². The number of nitrogens with one attached hydrogen (secondary N) is 1. The molecule has 1 N–H and O–H groups in total. The minimum Gasteiger partial charge on any atom is -0.305 e. The first-order valence-corrected chi connectivity index (χ1v) is 7.60. The molecule has 0 aliphatic heterocycles. The first-order chi connectivity index (χ1) is 12.7. The number of hydrogen-bond donors (Lipinski definition) is 1. The van der Waals surface area contributed by atoms with Crippen molar-refractivity contribution in [2.45, 2.75) is 0 Å². The maximum atomic E-state index is 12.5. The normalized spacial score (nSPS) is 10.6. The molecule has 2 aromatic heterocycles. The topological polar surface area (TPSA) is 107 Å². The fraction of sp³-hybridized carbons (Fsp3) is 0. The molecule has 0 bridgehead atoms. The monoisotopic (exact) mass is 340 g/mol. The highest BCUT2D eigenvalue weighted by molar-refractivity contribution is 6.09. The van der Waals surface area contributed by atoms with Crippen LogP contribution in [0.3, 0.4) is 0 Å². The van der Waals surface area contributed by atoms with E-state index in [9.17, 15) is 15.3 Å². The van der Waals surface area contributed by atoms with Crippen molar-refractivity contribution in [2.75, 3.05) is 5.32 Å². The number of benzene rings is 1. The largest absolute Gasteiger partial charge is 0.305 e. The molecule has 0 radical (unpaired) electrons. The van der Waals surface area contributed by atoms with Crippen LogP contribution in [0.25, 0.3) is 11.9 Å². The van der Waals surface area contributed by atoms with Gasteiger partial charge >= 0.3 is 0 Å². The fourth-order valence-corrected chi connectivity index (χ4v) is 2.24. The van der Waals surface area contributed by atoms with Crippen molar-refractivity contribution in [1.82, 2.24) is 14.8 Å². The van der Waals surface area contributed by atoms with Crippen molar-refractivity contribution in [3.8, 4) is 18.0 Å². The lowest BCUT2D eigenvalue weighted by Crippen LogP contribution is -2.17. The van der Waals surface area contributed by atoms with E-state index in [1.165, 1.54) is 17.0 Å². The number of anilines is 1. The molecule has 3 rings (SSSR count). The average molecular weight is 340 g/mol. The molecule has 7 nitrogen and oxygen atoms in total. The molecule has 0 spiro atoms. The average Bonchev–Trinajstić information content (AvgIpc) is 3.10. The van der Waals surface area contributed by atoms with Crippen molar-refractivity contribution in [3.63, 3.8) is 0 Å². The summed E-state index contributed by atoms with van der Waals surface area (Å²) in [7, 11) is 0. The third-order valence-electron chi connectivity index (χ3n) is 3.46. The predicted octanol–water partition coefficient (Wildman–Crippen LogP) is 2.68. The highest BCUT2D eigenvalue weighted by Crippen LogP contribution is 2.19. The van der Waals surface area contributed by atoms with Gasteiger partial charge in [-0.05, 0) is 23.8 Å². The van der Waals surface area contributed by atoms with E-state index < -0.39 is 5.91 Å². The molecule has 124 valence electrons. The Bertz CT molecular complexity index is 1040. The lowest BCUT2D eigenvalue weighted by molar-refractivity contribution is -0.112. The third kappa shape index (κ3) is 3.48. The molecule has 1 amide bonds. The molecule has 7 heteroatoms. The highest BCUT2D eigenvalue weighted by Gasteiger charge is 2.18. The van der Waals surface area contributed by atoms with Gasteiger partial charge in [0.2, 0.25) is 0 Å². The maximum absolute atomic E-state index is 12.5. The van der Waals surface area contributed by atoms with Crippen molar-refractivity contribution < 1.29 is 4.79 Å². The van der Waals surface area contributed by atoms with E-state index in [2.05, 4.69) is 15.4 Å². The van der Waals surface area contributed by atoms with Crippen LogP contribution in [0.4, 0.5) is 5.82 Å². The van der Waals surface area contributed by atoms with Crippen LogP contribution in [0.1, 0.15) is 11.1 Å². The van der Waals surface area contributed by atoms with E-state index >= 15 is 0 Å². The third-order valence-corrected chi connectivity index (χ3v) is 3.46. The van der Waals surface area contributed by atoms with Crippen LogP contribution in [-0.4, -0.2) is 20.7 Å². The van der Waals surface area contributed by atoms with Crippen LogP contribution >= 0.6 is 0 Å². The smallest absolute Gasteiger partial charge is 0.267 e. The zero-order valence-electron chi connectivity index (χ0n) is 13.5. The Labute approximate surface area is 149 Å². The Hall–Kier alpha value is -4.23. The number of amides is 1. The Balaban J connectivity index is 1.95. The number of aromatic nitrogens is 3. The summed E-state index contributed by atoms with van der Waals surface area (Å²) >= 11 is 0. The zero-order chi connectivity index (χ0) is 18.4. The Morgan fingerprint density at radius 1 is 1.12 bits per heavy atom. The molecule has 3 aromatic rings. The molecule has 0 atom stereocenters. The molecule has 2 heterocycles. The molecule has 1 aromatic carbocycles. The summed E-state index contributed by atoms with van der Waals surface area (Å²) < 4.78 is 1.34. The van der Waals surface area contributed by atoms with Crippen LogP contribution < -0.4 is 5.32 Å². The van der Waals surface area contributed by atoms with E-state index in [4.69, 9.17) is 0 Å². The number of carbonyl (C=O) groups is 1. The van der Waals surface area contributed by atoms with Gasteiger partial charge in [0.1, 0.15) is 23.3 Å². The van der Waals surface area contributed by atoms with Crippen LogP contribution in [0, 0.1) is 22.7 Å². The summed E-state index contributed by atoms with van der Waals surface area (Å²) in [5.74, 6) is -0.0363. The van der Waals surface area contributed by atoms with Gasteiger partial charge in [-0.25, -0.2) is 4.98 Å². The van der Waals surface area contributed by atoms with Gasteiger partial charge in [0, 0.05) is 6.20 Å². The van der Waals surface area contributed by atoms with Crippen LogP contribution in [0.15, 0.2) is 66.5 Å². The summed E-state index contributed by atoms with van der Waals surface area (Å²) in [6.45, 7) is 0. The molecule has 0 saturated carbocycles. The van der Waals surface area contributed by atoms with E-state index in [1.807, 2.05) is 30.3 Å². The molecule has 0 aliphatic rings. The number of carbonyl (C=O) groups excluding carboxylic acids is 1. The SMILES string of the molecule is N#C/C(=C\c1ccccc1)C(=O)Nc1c(C#N)cnn1-c1ccccn1. The summed E-state index contributed by atoms with van der Waals surface area (Å²) in [4.78, 5) is 16.7. The highest BCUT2D eigenvalue weighted by atomic mass is 16.1. The Morgan fingerprint density at radius 3 is 2.54 bits per heavy atom. The molecular formula is C19H12N6O. The summed E-state index contributed by atoms with van der Waals surface area (Å²) in [6.07, 6.45) is 4.38. The second-order valence-corrected chi connectivity index (χ2v) is 5.15. The molecule has 0 aliphatic carbocycles. The minimum absolute atomic E-state index is 0.0890. The van der Waals surface area contributed by atoms with Gasteiger partial charge in [0.25, 0.3) is 5.91 Å². The molecule has 26 heavy (non-hydrogen) atoms. The van der Waals surface area contributed by atoms with E-state index in [0.29, 0.717) is 5.82 Å². The Kier molecular flexibility index (Phi) is 4.83. The summed E-state index contributed by atoms with van der Waals surface area (Å²) in [5, 5.41) is 25.3. The number of pyridine rings is 1. The second kappa shape index (κ2) is 7.56. The summed E-state index contributed by atoms with van der Waals surface area (Å²) in [5.41, 5.74) is 0.799. The first-order valence-electron chi connectivity index (χ1n) is 7.60. The maximum Gasteiger partial charge on any atom is 0.267 e. The van der Waals surface area contributed by atoms with Gasteiger partial charge in [-0.15, -0.1) is 0 Å². The van der Waals surface area contributed by atoms with Gasteiger partial charge in [-0.2, -0.15) is 20.3 Å². The standard InChI is InChI=1S/C19H12N6O/c20-11-15(10-14-6-2-1-3-7-14)19(26)24-18-16(12-21)13-23-25(18)17-8-4-5-9-22-17/h1-10,13H,(H,24,26)/b15-10+. The number of nitrogens with zero attached hydrogens (tertiary/aromatic N) is 5. The Morgan fingerprint density at radius 2 is 1.88 bits per heavy atom. The summed E-state index contributed by atoms with van der Waals surface area (Å²) in [6, 6.07) is 18.1. The lowest BCUT2D eigenvalue weighted by Gasteiger charge is -2.08. The van der Waals surface area contributed by atoms with Crippen molar-refractivity contribution in [2.24, 2.45) is 0 Å².